The standard InChI is InChI=1S/C34H31Cl3F2N8/c1-34(2,3)46-10-8-23(9-11-46)47-18-30(44-45-47)32(19-4-6-21(35)7-5-19)42-22-12-24-31(20(16-40)17-41-33(24)26(37)13-22)43-29-14-25(36)27(38)15-28(29)39/h4-7,12-15,17-18,23,32,42H,8-11H2,1-3H3,(H,41,43). The van der Waals surface area contributed by atoms with Crippen LogP contribution < -0.4 is 10.6 Å². The predicted octanol–water partition coefficient (Wildman–Crippen LogP) is 9.32. The van der Waals surface area contributed by atoms with Crippen LogP contribution in [0.4, 0.5) is 25.8 Å². The van der Waals surface area contributed by atoms with Gasteiger partial charge in [-0.2, -0.15) is 5.26 Å². The lowest BCUT2D eigenvalue weighted by Crippen LogP contribution is -2.46. The highest BCUT2D eigenvalue weighted by atomic mass is 35.5. The van der Waals surface area contributed by atoms with E-state index in [1.165, 1.54) is 6.20 Å². The Labute approximate surface area is 286 Å². The molecule has 242 valence electrons. The molecule has 0 amide bonds. The maximum Gasteiger partial charge on any atom is 0.149 e. The Morgan fingerprint density at radius 1 is 0.979 bits per heavy atom. The number of likely N-dealkylation sites (tertiary alicyclic amines) is 1. The lowest BCUT2D eigenvalue weighted by molar-refractivity contribution is 0.0866. The van der Waals surface area contributed by atoms with Crippen molar-refractivity contribution < 1.29 is 8.78 Å². The van der Waals surface area contributed by atoms with E-state index < -0.39 is 17.7 Å². The van der Waals surface area contributed by atoms with Crippen LogP contribution in [-0.2, 0) is 0 Å². The third-order valence-electron chi connectivity index (χ3n) is 8.44. The summed E-state index contributed by atoms with van der Waals surface area (Å²) < 4.78 is 30.6. The lowest BCUT2D eigenvalue weighted by Gasteiger charge is -2.40. The lowest BCUT2D eigenvalue weighted by atomic mass is 9.98. The molecule has 1 fully saturated rings. The number of benzene rings is 3. The van der Waals surface area contributed by atoms with Gasteiger partial charge in [-0.3, -0.25) is 9.88 Å². The maximum atomic E-state index is 14.8. The molecule has 2 N–H and O–H groups in total. The molecule has 2 aromatic heterocycles. The number of rotatable bonds is 7. The first-order valence-corrected chi connectivity index (χ1v) is 16.2. The Bertz CT molecular complexity index is 1980. The van der Waals surface area contributed by atoms with Crippen LogP contribution in [0.2, 0.25) is 15.1 Å². The molecular formula is C34H31Cl3F2N8. The zero-order valence-electron chi connectivity index (χ0n) is 25.8. The van der Waals surface area contributed by atoms with Crippen molar-refractivity contribution in [1.82, 2.24) is 24.9 Å². The first kappa shape index (κ1) is 32.9. The normalized spacial score (nSPS) is 15.0. The van der Waals surface area contributed by atoms with Crippen molar-refractivity contribution in [3.05, 3.63) is 104 Å². The molecule has 0 spiro atoms. The number of hydrogen-bond donors (Lipinski definition) is 2. The van der Waals surface area contributed by atoms with Crippen LogP contribution >= 0.6 is 34.8 Å². The molecule has 0 aliphatic carbocycles. The molecule has 1 unspecified atom stereocenters. The van der Waals surface area contributed by atoms with Crippen molar-refractivity contribution in [2.24, 2.45) is 0 Å². The molecule has 0 saturated carbocycles. The molecular weight excluding hydrogens is 665 g/mol. The molecule has 6 rings (SSSR count). The van der Waals surface area contributed by atoms with Crippen molar-refractivity contribution in [2.75, 3.05) is 23.7 Å². The SMILES string of the molecule is CC(C)(C)N1CCC(n2cc(C(Nc3cc(Cl)c4ncc(C#N)c(Nc5cc(Cl)c(F)cc5F)c4c3)c3ccc(Cl)cc3)nn2)CC1. The summed E-state index contributed by atoms with van der Waals surface area (Å²) in [5.41, 5.74) is 2.88. The van der Waals surface area contributed by atoms with Crippen LogP contribution in [-0.4, -0.2) is 43.5 Å². The van der Waals surface area contributed by atoms with Gasteiger partial charge in [0.1, 0.15) is 23.4 Å². The molecule has 5 aromatic rings. The molecule has 8 nitrogen and oxygen atoms in total. The molecule has 1 saturated heterocycles. The average molecular weight is 696 g/mol. The third kappa shape index (κ3) is 6.99. The van der Waals surface area contributed by atoms with Gasteiger partial charge in [-0.1, -0.05) is 52.1 Å². The zero-order valence-corrected chi connectivity index (χ0v) is 28.1. The van der Waals surface area contributed by atoms with Gasteiger partial charge in [0.15, 0.2) is 0 Å². The van der Waals surface area contributed by atoms with Crippen LogP contribution in [0.15, 0.2) is 60.9 Å². The molecule has 47 heavy (non-hydrogen) atoms. The van der Waals surface area contributed by atoms with E-state index in [0.29, 0.717) is 38.4 Å². The molecule has 1 atom stereocenters. The topological polar surface area (TPSA) is 94.7 Å². The summed E-state index contributed by atoms with van der Waals surface area (Å²) in [6, 6.07) is 14.6. The number of nitriles is 1. The Morgan fingerprint density at radius 3 is 2.38 bits per heavy atom. The zero-order chi connectivity index (χ0) is 33.5. The number of nitrogens with one attached hydrogen (secondary N) is 2. The monoisotopic (exact) mass is 694 g/mol. The molecule has 13 heteroatoms. The van der Waals surface area contributed by atoms with Gasteiger partial charge in [0.25, 0.3) is 0 Å². The Balaban J connectivity index is 1.37. The second-order valence-electron chi connectivity index (χ2n) is 12.5. The minimum atomic E-state index is -0.898. The van der Waals surface area contributed by atoms with Crippen molar-refractivity contribution >= 4 is 62.8 Å². The van der Waals surface area contributed by atoms with E-state index in [2.05, 4.69) is 57.7 Å². The highest BCUT2D eigenvalue weighted by molar-refractivity contribution is 6.36. The summed E-state index contributed by atoms with van der Waals surface area (Å²) >= 11 is 18.9. The van der Waals surface area contributed by atoms with Gasteiger partial charge in [-0.25, -0.2) is 13.5 Å². The second-order valence-corrected chi connectivity index (χ2v) is 13.8. The van der Waals surface area contributed by atoms with E-state index >= 15 is 0 Å². The van der Waals surface area contributed by atoms with Gasteiger partial charge >= 0.3 is 0 Å². The third-order valence-corrected chi connectivity index (χ3v) is 9.27. The van der Waals surface area contributed by atoms with Crippen LogP contribution in [0, 0.1) is 23.0 Å². The second kappa shape index (κ2) is 13.2. The Hall–Kier alpha value is -4.01. The highest BCUT2D eigenvalue weighted by Gasteiger charge is 2.29. The summed E-state index contributed by atoms with van der Waals surface area (Å²) in [7, 11) is 0. The molecule has 0 radical (unpaired) electrons. The van der Waals surface area contributed by atoms with Gasteiger partial charge in [0.05, 0.1) is 50.8 Å². The minimum Gasteiger partial charge on any atom is -0.373 e. The quantitative estimate of drug-likeness (QED) is 0.164. The number of pyridine rings is 1. The number of anilines is 3. The van der Waals surface area contributed by atoms with Crippen molar-refractivity contribution in [2.45, 2.75) is 51.2 Å². The molecule has 3 aromatic carbocycles. The fourth-order valence-corrected chi connectivity index (χ4v) is 6.43. The molecule has 0 bridgehead atoms. The van der Waals surface area contributed by atoms with Crippen LogP contribution in [0.3, 0.4) is 0 Å². The van der Waals surface area contributed by atoms with Gasteiger partial charge in [-0.15, -0.1) is 5.10 Å². The summed E-state index contributed by atoms with van der Waals surface area (Å²) in [6.07, 6.45) is 5.23. The molecule has 1 aliphatic rings. The van der Waals surface area contributed by atoms with E-state index in [0.717, 1.165) is 37.6 Å². The number of hydrogen-bond acceptors (Lipinski definition) is 7. The van der Waals surface area contributed by atoms with Gasteiger partial charge in [0, 0.05) is 47.0 Å². The maximum absolute atomic E-state index is 14.8. The predicted molar refractivity (Wildman–Crippen MR) is 183 cm³/mol. The van der Waals surface area contributed by atoms with Crippen LogP contribution in [0.1, 0.15) is 62.5 Å². The van der Waals surface area contributed by atoms with E-state index in [1.54, 1.807) is 24.3 Å². The Kier molecular flexibility index (Phi) is 9.27. The van der Waals surface area contributed by atoms with Crippen molar-refractivity contribution in [3.8, 4) is 6.07 Å². The average Bonchev–Trinajstić information content (AvgIpc) is 3.53. The largest absolute Gasteiger partial charge is 0.373 e. The van der Waals surface area contributed by atoms with Gasteiger partial charge in [0.2, 0.25) is 0 Å². The number of aromatic nitrogens is 4. The minimum absolute atomic E-state index is 0.112. The van der Waals surface area contributed by atoms with E-state index in [4.69, 9.17) is 34.8 Å². The highest BCUT2D eigenvalue weighted by Crippen LogP contribution is 2.38. The van der Waals surface area contributed by atoms with E-state index in [9.17, 15) is 14.0 Å². The number of halogens is 5. The number of fused-ring (bicyclic) bond motifs is 1. The van der Waals surface area contributed by atoms with Gasteiger partial charge < -0.3 is 10.6 Å². The number of piperidine rings is 1. The smallest absolute Gasteiger partial charge is 0.149 e. The van der Waals surface area contributed by atoms with Crippen molar-refractivity contribution in [3.63, 3.8) is 0 Å². The van der Waals surface area contributed by atoms with Crippen molar-refractivity contribution in [1.29, 1.82) is 5.26 Å². The number of nitrogens with zero attached hydrogens (tertiary/aromatic N) is 6. The first-order valence-electron chi connectivity index (χ1n) is 15.0. The van der Waals surface area contributed by atoms with E-state index in [-0.39, 0.29) is 33.5 Å². The molecule has 1 aliphatic heterocycles. The fourth-order valence-electron chi connectivity index (χ4n) is 5.87. The van der Waals surface area contributed by atoms with Crippen LogP contribution in [0.5, 0.6) is 0 Å². The first-order chi connectivity index (χ1) is 22.4. The van der Waals surface area contributed by atoms with Gasteiger partial charge in [-0.05, 0) is 69.5 Å². The Morgan fingerprint density at radius 2 is 1.70 bits per heavy atom. The van der Waals surface area contributed by atoms with Crippen LogP contribution in [0.25, 0.3) is 10.9 Å². The summed E-state index contributed by atoms with van der Waals surface area (Å²) in [6.45, 7) is 8.64. The van der Waals surface area contributed by atoms with E-state index in [1.807, 2.05) is 23.0 Å². The summed E-state index contributed by atoms with van der Waals surface area (Å²) in [5, 5.41) is 26.5. The fraction of sp³-hybridized carbons (Fsp3) is 0.294. The summed E-state index contributed by atoms with van der Waals surface area (Å²) in [4.78, 5) is 6.87. The summed E-state index contributed by atoms with van der Waals surface area (Å²) in [5.74, 6) is -1.78. The molecule has 3 heterocycles.